The fourth-order valence-corrected chi connectivity index (χ4v) is 1.19. The molecule has 0 aromatic carbocycles. The predicted molar refractivity (Wildman–Crippen MR) is 42.4 cm³/mol. The number of rotatable bonds is 3. The Hall–Kier alpha value is -0.220. The molecule has 0 fully saturated rings. The second-order valence-corrected chi connectivity index (χ2v) is 3.09. The molecule has 0 spiro atoms. The van der Waals surface area contributed by atoms with Gasteiger partial charge in [0.2, 0.25) is 0 Å². The molecule has 0 saturated heterocycles. The molecule has 3 nitrogen and oxygen atoms in total. The highest BCUT2D eigenvalue weighted by Gasteiger charge is 2.01. The fourth-order valence-electron chi connectivity index (χ4n) is 0.507. The van der Waals surface area contributed by atoms with E-state index in [2.05, 4.69) is 6.92 Å². The van der Waals surface area contributed by atoms with Crippen LogP contribution in [0.4, 0.5) is 0 Å². The first-order valence-electron chi connectivity index (χ1n) is 2.93. The molecule has 0 unspecified atom stereocenters. The Balaban J connectivity index is 3.26. The van der Waals surface area contributed by atoms with E-state index >= 15 is 0 Å². The third-order valence-corrected chi connectivity index (χ3v) is 1.64. The van der Waals surface area contributed by atoms with Crippen molar-refractivity contribution in [1.29, 1.82) is 5.41 Å². The standard InChI is InChI=1S/C5H13N3S/c1-2-3-4(6)9-5(7)8/h4H,2-3,6H2,1H3,(H3,7,8)/t4-/m0/s1. The maximum atomic E-state index is 6.86. The highest BCUT2D eigenvalue weighted by Crippen LogP contribution is 2.08. The van der Waals surface area contributed by atoms with Crippen LogP contribution in [0.25, 0.3) is 0 Å². The van der Waals surface area contributed by atoms with Gasteiger partial charge in [0.15, 0.2) is 5.17 Å². The maximum absolute atomic E-state index is 6.86. The van der Waals surface area contributed by atoms with E-state index in [1.54, 1.807) is 0 Å². The SMILES string of the molecule is CCC[C@@H](N)SC(=N)N. The minimum Gasteiger partial charge on any atom is -0.379 e. The van der Waals surface area contributed by atoms with Gasteiger partial charge < -0.3 is 11.5 Å². The van der Waals surface area contributed by atoms with Crippen molar-refractivity contribution in [3.8, 4) is 0 Å². The topological polar surface area (TPSA) is 75.9 Å². The van der Waals surface area contributed by atoms with Gasteiger partial charge in [-0.05, 0) is 6.42 Å². The second kappa shape index (κ2) is 4.64. The lowest BCUT2D eigenvalue weighted by Crippen LogP contribution is -2.20. The van der Waals surface area contributed by atoms with Crippen LogP contribution in [0.15, 0.2) is 0 Å². The first-order valence-corrected chi connectivity index (χ1v) is 3.81. The first-order chi connectivity index (χ1) is 4.16. The molecule has 0 rings (SSSR count). The van der Waals surface area contributed by atoms with Gasteiger partial charge in [-0.3, -0.25) is 5.41 Å². The van der Waals surface area contributed by atoms with Gasteiger partial charge in [-0.25, -0.2) is 0 Å². The van der Waals surface area contributed by atoms with Crippen LogP contribution in [0.1, 0.15) is 19.8 Å². The van der Waals surface area contributed by atoms with Crippen LogP contribution in [-0.2, 0) is 0 Å². The third kappa shape index (κ3) is 5.65. The van der Waals surface area contributed by atoms with Gasteiger partial charge in [0.25, 0.3) is 0 Å². The van der Waals surface area contributed by atoms with Gasteiger partial charge >= 0.3 is 0 Å². The van der Waals surface area contributed by atoms with Gasteiger partial charge in [0.1, 0.15) is 0 Å². The van der Waals surface area contributed by atoms with Crippen LogP contribution in [0.3, 0.4) is 0 Å². The van der Waals surface area contributed by atoms with Gasteiger partial charge in [-0.2, -0.15) is 0 Å². The number of thioether (sulfide) groups is 1. The van der Waals surface area contributed by atoms with Crippen molar-refractivity contribution in [3.05, 3.63) is 0 Å². The summed E-state index contributed by atoms with van der Waals surface area (Å²) in [7, 11) is 0. The highest BCUT2D eigenvalue weighted by molar-refractivity contribution is 8.14. The molecule has 1 atom stereocenters. The van der Waals surface area contributed by atoms with E-state index in [9.17, 15) is 0 Å². The van der Waals surface area contributed by atoms with Crippen molar-refractivity contribution in [2.45, 2.75) is 25.1 Å². The van der Waals surface area contributed by atoms with Crippen molar-refractivity contribution in [1.82, 2.24) is 0 Å². The Morgan fingerprint density at radius 1 is 1.78 bits per heavy atom. The molecule has 9 heavy (non-hydrogen) atoms. The Morgan fingerprint density at radius 2 is 2.33 bits per heavy atom. The maximum Gasteiger partial charge on any atom is 0.152 e. The summed E-state index contributed by atoms with van der Waals surface area (Å²) in [6.45, 7) is 2.06. The van der Waals surface area contributed by atoms with Crippen molar-refractivity contribution in [2.75, 3.05) is 0 Å². The molecule has 0 saturated carbocycles. The van der Waals surface area contributed by atoms with Crippen LogP contribution >= 0.6 is 11.8 Å². The van der Waals surface area contributed by atoms with E-state index in [0.717, 1.165) is 12.8 Å². The number of nitrogens with one attached hydrogen (secondary N) is 1. The van der Waals surface area contributed by atoms with Gasteiger partial charge in [-0.15, -0.1) is 0 Å². The highest BCUT2D eigenvalue weighted by atomic mass is 32.2. The fraction of sp³-hybridized carbons (Fsp3) is 0.800. The zero-order valence-electron chi connectivity index (χ0n) is 5.55. The minimum absolute atomic E-state index is 0.00694. The Labute approximate surface area is 59.7 Å². The average Bonchev–Trinajstić information content (AvgIpc) is 1.63. The number of hydrogen-bond acceptors (Lipinski definition) is 3. The Morgan fingerprint density at radius 3 is 2.67 bits per heavy atom. The zero-order valence-corrected chi connectivity index (χ0v) is 6.37. The second-order valence-electron chi connectivity index (χ2n) is 1.81. The molecule has 4 heteroatoms. The van der Waals surface area contributed by atoms with Crippen LogP contribution in [0.2, 0.25) is 0 Å². The van der Waals surface area contributed by atoms with E-state index in [0.29, 0.717) is 0 Å². The van der Waals surface area contributed by atoms with E-state index in [1.165, 1.54) is 11.8 Å². The summed E-state index contributed by atoms with van der Waals surface area (Å²) in [6, 6.07) is 0. The monoisotopic (exact) mass is 147 g/mol. The molecule has 0 radical (unpaired) electrons. The van der Waals surface area contributed by atoms with Crippen molar-refractivity contribution >= 4 is 16.9 Å². The molecular formula is C5H13N3S. The number of amidine groups is 1. The van der Waals surface area contributed by atoms with E-state index in [1.807, 2.05) is 0 Å². The Kier molecular flexibility index (Phi) is 4.53. The quantitative estimate of drug-likeness (QED) is 0.312. The molecule has 54 valence electrons. The summed E-state index contributed by atoms with van der Waals surface area (Å²) >= 11 is 1.22. The largest absolute Gasteiger partial charge is 0.379 e. The molecule has 0 aliphatic carbocycles. The van der Waals surface area contributed by atoms with Crippen LogP contribution in [0, 0.1) is 5.41 Å². The summed E-state index contributed by atoms with van der Waals surface area (Å²) in [5, 5.41) is 6.98. The summed E-state index contributed by atoms with van der Waals surface area (Å²) in [5.41, 5.74) is 10.6. The van der Waals surface area contributed by atoms with Crippen molar-refractivity contribution in [3.63, 3.8) is 0 Å². The lowest BCUT2D eigenvalue weighted by atomic mass is 10.3. The Bertz CT molecular complexity index is 94.2. The molecule has 0 aromatic heterocycles. The van der Waals surface area contributed by atoms with E-state index in [4.69, 9.17) is 16.9 Å². The van der Waals surface area contributed by atoms with Crippen LogP contribution < -0.4 is 11.5 Å². The number of nitrogens with two attached hydrogens (primary N) is 2. The van der Waals surface area contributed by atoms with E-state index in [-0.39, 0.29) is 10.5 Å². The van der Waals surface area contributed by atoms with Gasteiger partial charge in [0, 0.05) is 0 Å². The van der Waals surface area contributed by atoms with Crippen molar-refractivity contribution < 1.29 is 0 Å². The normalized spacial score (nSPS) is 13.1. The summed E-state index contributed by atoms with van der Waals surface area (Å²) in [4.78, 5) is 0. The molecule has 5 N–H and O–H groups in total. The predicted octanol–water partition coefficient (Wildman–Crippen LogP) is 0.698. The summed E-state index contributed by atoms with van der Waals surface area (Å²) in [6.07, 6.45) is 1.96. The average molecular weight is 147 g/mol. The first kappa shape index (κ1) is 8.78. The van der Waals surface area contributed by atoms with Gasteiger partial charge in [0.05, 0.1) is 5.37 Å². The summed E-state index contributed by atoms with van der Waals surface area (Å²) < 4.78 is 0. The van der Waals surface area contributed by atoms with Gasteiger partial charge in [-0.1, -0.05) is 25.1 Å². The molecule has 0 heterocycles. The van der Waals surface area contributed by atoms with Crippen molar-refractivity contribution in [2.24, 2.45) is 11.5 Å². The molecule has 0 aliphatic heterocycles. The smallest absolute Gasteiger partial charge is 0.152 e. The lowest BCUT2D eigenvalue weighted by molar-refractivity contribution is 0.767. The van der Waals surface area contributed by atoms with Crippen LogP contribution in [0.5, 0.6) is 0 Å². The molecule has 0 bridgehead atoms. The van der Waals surface area contributed by atoms with E-state index < -0.39 is 0 Å². The molecule has 0 aliphatic rings. The number of hydrogen-bond donors (Lipinski definition) is 3. The molecule has 0 amide bonds. The molecular weight excluding hydrogens is 134 g/mol. The zero-order chi connectivity index (χ0) is 7.28. The van der Waals surface area contributed by atoms with Crippen LogP contribution in [-0.4, -0.2) is 10.5 Å². The lowest BCUT2D eigenvalue weighted by Gasteiger charge is -2.06. The third-order valence-electron chi connectivity index (χ3n) is 0.852. The summed E-state index contributed by atoms with van der Waals surface area (Å²) in [5.74, 6) is 0. The molecule has 0 aromatic rings. The minimum atomic E-state index is 0.00694.